The maximum Gasteiger partial charge on any atom is 0.223 e. The maximum absolute atomic E-state index is 4.40. The minimum absolute atomic E-state index is 0.104. The Morgan fingerprint density at radius 2 is 2.00 bits per heavy atom. The third-order valence-electron chi connectivity index (χ3n) is 2.88. The molecule has 0 saturated carbocycles. The van der Waals surface area contributed by atoms with E-state index in [0.717, 1.165) is 11.5 Å². The molecule has 0 radical (unpaired) electrons. The summed E-state index contributed by atoms with van der Waals surface area (Å²) in [5.41, 5.74) is 0.954. The van der Waals surface area contributed by atoms with Crippen molar-refractivity contribution in [3.05, 3.63) is 36.2 Å². The molecule has 2 aromatic heterocycles. The Hall–Kier alpha value is -1.91. The average molecular weight is 245 g/mol. The van der Waals surface area contributed by atoms with E-state index in [-0.39, 0.29) is 6.04 Å². The van der Waals surface area contributed by atoms with Crippen molar-refractivity contribution in [3.63, 3.8) is 0 Å². The molecule has 0 spiro atoms. The second kappa shape index (κ2) is 5.16. The monoisotopic (exact) mass is 245 g/mol. The van der Waals surface area contributed by atoms with Gasteiger partial charge >= 0.3 is 0 Å². The van der Waals surface area contributed by atoms with Gasteiger partial charge in [-0.3, -0.25) is 0 Å². The smallest absolute Gasteiger partial charge is 0.223 e. The molecule has 0 aliphatic carbocycles. The fraction of sp³-hybridized carbons (Fsp3) is 0.462. The first-order chi connectivity index (χ1) is 8.58. The molecule has 0 bridgehead atoms. The number of nitrogens with zero attached hydrogens (tertiary/aromatic N) is 4. The van der Waals surface area contributed by atoms with Crippen LogP contribution in [0.4, 0.5) is 5.95 Å². The van der Waals surface area contributed by atoms with Crippen LogP contribution >= 0.6 is 0 Å². The van der Waals surface area contributed by atoms with Gasteiger partial charge in [-0.15, -0.1) is 0 Å². The molecule has 0 fully saturated rings. The number of rotatable bonds is 4. The van der Waals surface area contributed by atoms with Gasteiger partial charge in [-0.2, -0.15) is 0 Å². The van der Waals surface area contributed by atoms with Gasteiger partial charge in [0.2, 0.25) is 5.95 Å². The molecular formula is C13H19N5. The summed E-state index contributed by atoms with van der Waals surface area (Å²) in [5.74, 6) is 2.04. The zero-order chi connectivity index (χ0) is 13.1. The molecular weight excluding hydrogens is 226 g/mol. The topological polar surface area (TPSA) is 55.6 Å². The number of nitrogens with one attached hydrogen (secondary N) is 1. The largest absolute Gasteiger partial charge is 0.344 e. The van der Waals surface area contributed by atoms with E-state index in [1.807, 2.05) is 37.0 Å². The van der Waals surface area contributed by atoms with Gasteiger partial charge in [0.1, 0.15) is 5.82 Å². The summed E-state index contributed by atoms with van der Waals surface area (Å²) in [6.45, 7) is 6.27. The quantitative estimate of drug-likeness (QED) is 0.898. The first-order valence-electron chi connectivity index (χ1n) is 6.11. The summed E-state index contributed by atoms with van der Waals surface area (Å²) < 4.78 is 2.02. The number of aryl methyl sites for hydroxylation is 2. The minimum Gasteiger partial charge on any atom is -0.344 e. The van der Waals surface area contributed by atoms with Crippen LogP contribution < -0.4 is 5.32 Å². The SMILES string of the molecule is Cc1ccnc(N[C@H](c2nccn2C)C(C)C)n1. The van der Waals surface area contributed by atoms with Gasteiger partial charge in [-0.1, -0.05) is 13.8 Å². The Balaban J connectivity index is 2.25. The predicted octanol–water partition coefficient (Wildman–Crippen LogP) is 2.33. The van der Waals surface area contributed by atoms with Crippen molar-refractivity contribution in [2.24, 2.45) is 13.0 Å². The third-order valence-corrected chi connectivity index (χ3v) is 2.88. The minimum atomic E-state index is 0.104. The molecule has 0 amide bonds. The van der Waals surface area contributed by atoms with Crippen molar-refractivity contribution in [1.29, 1.82) is 0 Å². The highest BCUT2D eigenvalue weighted by atomic mass is 15.2. The second-order valence-corrected chi connectivity index (χ2v) is 4.78. The van der Waals surface area contributed by atoms with E-state index in [1.165, 1.54) is 0 Å². The fourth-order valence-electron chi connectivity index (χ4n) is 1.86. The lowest BCUT2D eigenvalue weighted by molar-refractivity contribution is 0.504. The van der Waals surface area contributed by atoms with Crippen LogP contribution in [0.15, 0.2) is 24.7 Å². The van der Waals surface area contributed by atoms with Gasteiger partial charge in [-0.25, -0.2) is 15.0 Å². The van der Waals surface area contributed by atoms with Gasteiger partial charge in [0.15, 0.2) is 0 Å². The second-order valence-electron chi connectivity index (χ2n) is 4.78. The number of anilines is 1. The normalized spacial score (nSPS) is 12.7. The Morgan fingerprint density at radius 3 is 2.56 bits per heavy atom. The fourth-order valence-corrected chi connectivity index (χ4v) is 1.86. The van der Waals surface area contributed by atoms with Crippen molar-refractivity contribution in [2.45, 2.75) is 26.8 Å². The molecule has 5 nitrogen and oxygen atoms in total. The molecule has 0 aliphatic heterocycles. The van der Waals surface area contributed by atoms with Crippen LogP contribution in [-0.2, 0) is 7.05 Å². The molecule has 18 heavy (non-hydrogen) atoms. The van der Waals surface area contributed by atoms with Crippen molar-refractivity contribution >= 4 is 5.95 Å². The van der Waals surface area contributed by atoms with Crippen LogP contribution in [0.25, 0.3) is 0 Å². The van der Waals surface area contributed by atoms with Gasteiger partial charge in [0.05, 0.1) is 6.04 Å². The molecule has 96 valence electrons. The Morgan fingerprint density at radius 1 is 1.22 bits per heavy atom. The van der Waals surface area contributed by atoms with Crippen LogP contribution in [0.5, 0.6) is 0 Å². The molecule has 0 saturated heterocycles. The number of hydrogen-bond acceptors (Lipinski definition) is 4. The van der Waals surface area contributed by atoms with E-state index >= 15 is 0 Å². The Labute approximate surface area is 107 Å². The van der Waals surface area contributed by atoms with Crippen molar-refractivity contribution in [2.75, 3.05) is 5.32 Å². The molecule has 0 aliphatic rings. The van der Waals surface area contributed by atoms with E-state index < -0.39 is 0 Å². The summed E-state index contributed by atoms with van der Waals surface area (Å²) in [6, 6.07) is 1.99. The number of imidazole rings is 1. The number of hydrogen-bond donors (Lipinski definition) is 1. The standard InChI is InChI=1S/C13H19N5/c1-9(2)11(12-14-7-8-18(12)4)17-13-15-6-5-10(3)16-13/h5-9,11H,1-4H3,(H,15,16,17)/t11-/m0/s1. The summed E-state index contributed by atoms with van der Waals surface area (Å²) in [6.07, 6.45) is 5.52. The molecule has 2 rings (SSSR count). The van der Waals surface area contributed by atoms with Crippen LogP contribution in [0.2, 0.25) is 0 Å². The molecule has 5 heteroatoms. The zero-order valence-electron chi connectivity index (χ0n) is 11.3. The lowest BCUT2D eigenvalue weighted by Gasteiger charge is -2.22. The summed E-state index contributed by atoms with van der Waals surface area (Å²) in [7, 11) is 2.00. The van der Waals surface area contributed by atoms with Gasteiger partial charge in [0.25, 0.3) is 0 Å². The molecule has 1 atom stereocenters. The van der Waals surface area contributed by atoms with Crippen LogP contribution in [0.1, 0.15) is 31.4 Å². The van der Waals surface area contributed by atoms with Gasteiger partial charge in [0, 0.05) is 31.3 Å². The Bertz CT molecular complexity index is 518. The first kappa shape index (κ1) is 12.5. The highest BCUT2D eigenvalue weighted by Gasteiger charge is 2.20. The average Bonchev–Trinajstić information content (AvgIpc) is 2.72. The van der Waals surface area contributed by atoms with E-state index in [0.29, 0.717) is 11.9 Å². The van der Waals surface area contributed by atoms with E-state index in [2.05, 4.69) is 34.1 Å². The molecule has 2 heterocycles. The maximum atomic E-state index is 4.40. The summed E-state index contributed by atoms with van der Waals surface area (Å²) in [4.78, 5) is 13.0. The van der Waals surface area contributed by atoms with Gasteiger partial charge < -0.3 is 9.88 Å². The lowest BCUT2D eigenvalue weighted by Crippen LogP contribution is -2.21. The number of aromatic nitrogens is 4. The van der Waals surface area contributed by atoms with Crippen LogP contribution in [0.3, 0.4) is 0 Å². The van der Waals surface area contributed by atoms with E-state index in [9.17, 15) is 0 Å². The van der Waals surface area contributed by atoms with Gasteiger partial charge in [-0.05, 0) is 18.9 Å². The van der Waals surface area contributed by atoms with Crippen molar-refractivity contribution in [1.82, 2.24) is 19.5 Å². The Kier molecular flexibility index (Phi) is 3.60. The lowest BCUT2D eigenvalue weighted by atomic mass is 10.0. The highest BCUT2D eigenvalue weighted by Crippen LogP contribution is 2.23. The zero-order valence-corrected chi connectivity index (χ0v) is 11.3. The van der Waals surface area contributed by atoms with Crippen molar-refractivity contribution < 1.29 is 0 Å². The van der Waals surface area contributed by atoms with Crippen LogP contribution in [-0.4, -0.2) is 19.5 Å². The van der Waals surface area contributed by atoms with E-state index in [4.69, 9.17) is 0 Å². The third kappa shape index (κ3) is 2.67. The predicted molar refractivity (Wildman–Crippen MR) is 71.2 cm³/mol. The van der Waals surface area contributed by atoms with Crippen LogP contribution in [0, 0.1) is 12.8 Å². The molecule has 2 aromatic rings. The summed E-state index contributed by atoms with van der Waals surface area (Å²) >= 11 is 0. The highest BCUT2D eigenvalue weighted by molar-refractivity contribution is 5.28. The molecule has 0 unspecified atom stereocenters. The molecule has 0 aromatic carbocycles. The first-order valence-corrected chi connectivity index (χ1v) is 6.11. The summed E-state index contributed by atoms with van der Waals surface area (Å²) in [5, 5.41) is 3.36. The van der Waals surface area contributed by atoms with E-state index in [1.54, 1.807) is 6.20 Å². The van der Waals surface area contributed by atoms with Crippen molar-refractivity contribution in [3.8, 4) is 0 Å². The molecule has 1 N–H and O–H groups in total.